The van der Waals surface area contributed by atoms with Gasteiger partial charge in [0, 0.05) is 39.8 Å². The molecular formula is C20H33N5O. The van der Waals surface area contributed by atoms with E-state index in [1.807, 2.05) is 0 Å². The molecule has 1 aromatic carbocycles. The number of hydrogen-bond donors (Lipinski definition) is 2. The molecule has 1 aliphatic rings. The smallest absolute Gasteiger partial charge is 0.243 e. The predicted molar refractivity (Wildman–Crippen MR) is 107 cm³/mol. The first-order valence-corrected chi connectivity index (χ1v) is 9.60. The average Bonchev–Trinajstić information content (AvgIpc) is 3.08. The Morgan fingerprint density at radius 3 is 2.73 bits per heavy atom. The molecule has 6 nitrogen and oxygen atoms in total. The molecule has 1 saturated heterocycles. The zero-order valence-corrected chi connectivity index (χ0v) is 16.4. The monoisotopic (exact) mass is 359 g/mol. The van der Waals surface area contributed by atoms with Crippen molar-refractivity contribution in [3.05, 3.63) is 35.9 Å². The van der Waals surface area contributed by atoms with Crippen molar-refractivity contribution in [2.45, 2.75) is 38.8 Å². The second-order valence-corrected chi connectivity index (χ2v) is 7.01. The first-order valence-electron chi connectivity index (χ1n) is 9.60. The van der Waals surface area contributed by atoms with Gasteiger partial charge in [-0.15, -0.1) is 0 Å². The fourth-order valence-electron chi connectivity index (χ4n) is 3.07. The molecule has 1 unspecified atom stereocenters. The summed E-state index contributed by atoms with van der Waals surface area (Å²) in [6.45, 7) is 6.11. The summed E-state index contributed by atoms with van der Waals surface area (Å²) in [7, 11) is 3.51. The number of benzene rings is 1. The Kier molecular flexibility index (Phi) is 8.41. The van der Waals surface area contributed by atoms with Crippen molar-refractivity contribution in [2.24, 2.45) is 4.99 Å². The number of guanidine groups is 1. The molecule has 144 valence electrons. The van der Waals surface area contributed by atoms with Gasteiger partial charge in [-0.2, -0.15) is 0 Å². The molecular weight excluding hydrogens is 326 g/mol. The molecule has 6 heteroatoms. The summed E-state index contributed by atoms with van der Waals surface area (Å²) in [5, 5.41) is 6.73. The number of likely N-dealkylation sites (N-methyl/N-ethyl adjacent to an activating group) is 1. The number of nitrogens with zero attached hydrogens (tertiary/aromatic N) is 3. The number of hydrogen-bond acceptors (Lipinski definition) is 3. The molecule has 1 amide bonds. The lowest BCUT2D eigenvalue weighted by Crippen LogP contribution is -2.45. The van der Waals surface area contributed by atoms with Crippen LogP contribution in [0.4, 0.5) is 0 Å². The molecule has 0 saturated carbocycles. The van der Waals surface area contributed by atoms with E-state index in [2.05, 4.69) is 57.8 Å². The highest BCUT2D eigenvalue weighted by atomic mass is 16.2. The van der Waals surface area contributed by atoms with E-state index in [0.29, 0.717) is 6.04 Å². The Morgan fingerprint density at radius 2 is 2.04 bits per heavy atom. The third kappa shape index (κ3) is 6.67. The van der Waals surface area contributed by atoms with E-state index in [1.165, 1.54) is 18.4 Å². The van der Waals surface area contributed by atoms with Gasteiger partial charge in [0.25, 0.3) is 0 Å². The third-order valence-electron chi connectivity index (χ3n) is 4.65. The highest BCUT2D eigenvalue weighted by Crippen LogP contribution is 2.19. The fraction of sp³-hybridized carbons (Fsp3) is 0.600. The van der Waals surface area contributed by atoms with E-state index in [1.54, 1.807) is 19.0 Å². The number of aliphatic imine (C=N–C) groups is 1. The van der Waals surface area contributed by atoms with Gasteiger partial charge in [0.2, 0.25) is 5.91 Å². The lowest BCUT2D eigenvalue weighted by molar-refractivity contribution is -0.127. The molecule has 2 N–H and O–H groups in total. The number of amides is 1. The average molecular weight is 360 g/mol. The van der Waals surface area contributed by atoms with Crippen molar-refractivity contribution in [2.75, 3.05) is 40.3 Å². The first kappa shape index (κ1) is 20.2. The van der Waals surface area contributed by atoms with E-state index in [0.717, 1.165) is 38.6 Å². The van der Waals surface area contributed by atoms with Crippen molar-refractivity contribution < 1.29 is 4.79 Å². The van der Waals surface area contributed by atoms with Crippen molar-refractivity contribution >= 4 is 11.9 Å². The fourth-order valence-corrected chi connectivity index (χ4v) is 3.07. The topological polar surface area (TPSA) is 60.0 Å². The molecule has 0 radical (unpaired) electrons. The quantitative estimate of drug-likeness (QED) is 0.548. The summed E-state index contributed by atoms with van der Waals surface area (Å²) in [6.07, 6.45) is 3.44. The van der Waals surface area contributed by atoms with E-state index < -0.39 is 0 Å². The Morgan fingerprint density at radius 1 is 1.27 bits per heavy atom. The van der Waals surface area contributed by atoms with Gasteiger partial charge in [-0.1, -0.05) is 37.3 Å². The molecule has 26 heavy (non-hydrogen) atoms. The highest BCUT2D eigenvalue weighted by Gasteiger charge is 2.24. The van der Waals surface area contributed by atoms with Crippen molar-refractivity contribution in [1.29, 1.82) is 0 Å². The number of rotatable bonds is 8. The van der Waals surface area contributed by atoms with Gasteiger partial charge in [0.1, 0.15) is 6.54 Å². The molecule has 0 bridgehead atoms. The van der Waals surface area contributed by atoms with Gasteiger partial charge in [-0.3, -0.25) is 9.69 Å². The minimum atomic E-state index is 0.00849. The zero-order chi connectivity index (χ0) is 18.8. The molecule has 0 aromatic heterocycles. The maximum Gasteiger partial charge on any atom is 0.243 e. The molecule has 0 aliphatic carbocycles. The van der Waals surface area contributed by atoms with Crippen LogP contribution in [0.25, 0.3) is 0 Å². The van der Waals surface area contributed by atoms with Crippen LogP contribution in [0.5, 0.6) is 0 Å². The van der Waals surface area contributed by atoms with E-state index in [-0.39, 0.29) is 12.5 Å². The van der Waals surface area contributed by atoms with Gasteiger partial charge in [-0.25, -0.2) is 4.99 Å². The van der Waals surface area contributed by atoms with Crippen LogP contribution >= 0.6 is 0 Å². The van der Waals surface area contributed by atoms with Gasteiger partial charge in [0.05, 0.1) is 0 Å². The van der Waals surface area contributed by atoms with E-state index >= 15 is 0 Å². The van der Waals surface area contributed by atoms with Crippen molar-refractivity contribution in [1.82, 2.24) is 20.4 Å². The van der Waals surface area contributed by atoms with Crippen molar-refractivity contribution in [3.63, 3.8) is 0 Å². The molecule has 0 spiro atoms. The summed E-state index contributed by atoms with van der Waals surface area (Å²) >= 11 is 0. The van der Waals surface area contributed by atoms with Gasteiger partial charge >= 0.3 is 0 Å². The summed E-state index contributed by atoms with van der Waals surface area (Å²) in [5.41, 5.74) is 1.36. The number of likely N-dealkylation sites (tertiary alicyclic amines) is 1. The maximum absolute atomic E-state index is 11.8. The first-order chi connectivity index (χ1) is 12.6. The molecule has 2 rings (SSSR count). The second kappa shape index (κ2) is 10.8. The van der Waals surface area contributed by atoms with Crippen LogP contribution < -0.4 is 10.6 Å². The standard InChI is InChI=1S/C20H33N5O/c1-4-12-21-20(23-15-19(26)24(2)3)22-14-18-11-8-13-25(18)16-17-9-6-5-7-10-17/h5-7,9-10,18H,4,8,11-16H2,1-3H3,(H2,21,22,23). The van der Waals surface area contributed by atoms with Crippen LogP contribution in [0.2, 0.25) is 0 Å². The third-order valence-corrected chi connectivity index (χ3v) is 4.65. The van der Waals surface area contributed by atoms with E-state index in [9.17, 15) is 4.79 Å². The largest absolute Gasteiger partial charge is 0.356 e. The normalized spacial score (nSPS) is 18.0. The molecule has 1 atom stereocenters. The van der Waals surface area contributed by atoms with Gasteiger partial charge in [0.15, 0.2) is 5.96 Å². The Labute approximate surface area is 157 Å². The Balaban J connectivity index is 1.89. The summed E-state index contributed by atoms with van der Waals surface area (Å²) < 4.78 is 0. The highest BCUT2D eigenvalue weighted by molar-refractivity contribution is 5.84. The lowest BCUT2D eigenvalue weighted by Gasteiger charge is -2.25. The predicted octanol–water partition coefficient (Wildman–Crippen LogP) is 1.68. The minimum Gasteiger partial charge on any atom is -0.356 e. The lowest BCUT2D eigenvalue weighted by atomic mass is 10.2. The Hall–Kier alpha value is -2.08. The van der Waals surface area contributed by atoms with Crippen LogP contribution in [0, 0.1) is 0 Å². The SMILES string of the molecule is CCCNC(=NCC(=O)N(C)C)NCC1CCCN1Cc1ccccc1. The summed E-state index contributed by atoms with van der Waals surface area (Å²) in [6, 6.07) is 11.1. The molecule has 1 aliphatic heterocycles. The molecule has 1 aromatic rings. The zero-order valence-electron chi connectivity index (χ0n) is 16.4. The summed E-state index contributed by atoms with van der Waals surface area (Å²) in [5.74, 6) is 0.739. The van der Waals surface area contributed by atoms with Crippen LogP contribution in [0.3, 0.4) is 0 Å². The van der Waals surface area contributed by atoms with Crippen molar-refractivity contribution in [3.8, 4) is 0 Å². The second-order valence-electron chi connectivity index (χ2n) is 7.01. The van der Waals surface area contributed by atoms with Crippen LogP contribution in [-0.4, -0.2) is 68.0 Å². The number of carbonyl (C=O) groups excluding carboxylic acids is 1. The number of nitrogens with one attached hydrogen (secondary N) is 2. The number of carbonyl (C=O) groups is 1. The molecule has 1 heterocycles. The van der Waals surface area contributed by atoms with Crippen LogP contribution in [-0.2, 0) is 11.3 Å². The minimum absolute atomic E-state index is 0.00849. The summed E-state index contributed by atoms with van der Waals surface area (Å²) in [4.78, 5) is 20.3. The van der Waals surface area contributed by atoms with E-state index in [4.69, 9.17) is 0 Å². The van der Waals surface area contributed by atoms with Gasteiger partial charge in [-0.05, 0) is 31.4 Å². The van der Waals surface area contributed by atoms with Gasteiger partial charge < -0.3 is 15.5 Å². The maximum atomic E-state index is 11.8. The molecule has 1 fully saturated rings. The van der Waals surface area contributed by atoms with Crippen LogP contribution in [0.15, 0.2) is 35.3 Å². The Bertz CT molecular complexity index is 573. The van der Waals surface area contributed by atoms with Crippen LogP contribution in [0.1, 0.15) is 31.7 Å².